The number of rotatable bonds is 7. The molecule has 0 aliphatic rings. The Bertz CT molecular complexity index is 453. The van der Waals surface area contributed by atoms with Gasteiger partial charge in [0, 0.05) is 31.0 Å². The number of nitrogens with one attached hydrogen (secondary N) is 4. The molecule has 0 aliphatic carbocycles. The van der Waals surface area contributed by atoms with Crippen molar-refractivity contribution < 1.29 is 0 Å². The lowest BCUT2D eigenvalue weighted by molar-refractivity contribution is 0.821. The average Bonchev–Trinajstić information content (AvgIpc) is 2.90. The fourth-order valence-electron chi connectivity index (χ4n) is 1.53. The lowest BCUT2D eigenvalue weighted by Crippen LogP contribution is -2.18. The van der Waals surface area contributed by atoms with Crippen molar-refractivity contribution in [3.63, 3.8) is 0 Å². The maximum absolute atomic E-state index is 4.18. The van der Waals surface area contributed by atoms with Crippen LogP contribution in [0, 0.1) is 0 Å². The lowest BCUT2D eigenvalue weighted by Gasteiger charge is -2.07. The zero-order chi connectivity index (χ0) is 12.6. The van der Waals surface area contributed by atoms with Crippen molar-refractivity contribution in [2.75, 3.05) is 30.8 Å². The molecule has 2 aromatic rings. The molecule has 2 heterocycles. The normalized spacial score (nSPS) is 10.3. The van der Waals surface area contributed by atoms with Crippen LogP contribution in [0.5, 0.6) is 0 Å². The summed E-state index contributed by atoms with van der Waals surface area (Å²) in [5.74, 6) is 1.64. The number of aromatic amines is 1. The van der Waals surface area contributed by atoms with Crippen molar-refractivity contribution in [1.29, 1.82) is 0 Å². The second kappa shape index (κ2) is 6.61. The van der Waals surface area contributed by atoms with Gasteiger partial charge in [0.2, 0.25) is 0 Å². The summed E-state index contributed by atoms with van der Waals surface area (Å²) in [6.45, 7) is 2.46. The Morgan fingerprint density at radius 2 is 2.00 bits per heavy atom. The summed E-state index contributed by atoms with van der Waals surface area (Å²) in [5, 5.41) is 9.53. The lowest BCUT2D eigenvalue weighted by atomic mass is 10.4. The van der Waals surface area contributed by atoms with E-state index in [1.165, 1.54) is 0 Å². The van der Waals surface area contributed by atoms with Gasteiger partial charge in [-0.05, 0) is 19.2 Å². The van der Waals surface area contributed by atoms with Crippen molar-refractivity contribution in [3.05, 3.63) is 36.4 Å². The molecule has 6 nitrogen and oxygen atoms in total. The van der Waals surface area contributed by atoms with Crippen LogP contribution in [0.25, 0.3) is 0 Å². The van der Waals surface area contributed by atoms with Gasteiger partial charge >= 0.3 is 0 Å². The molecule has 0 amide bonds. The predicted molar refractivity (Wildman–Crippen MR) is 72.6 cm³/mol. The standard InChI is InChI=1S/C12H18N6/c1-13-5-6-15-11-7-12(18-9-17-11)16-8-10-3-2-4-14-10/h2-4,7,9,13-14H,5-6,8H2,1H3,(H2,15,16,17,18). The van der Waals surface area contributed by atoms with E-state index in [-0.39, 0.29) is 0 Å². The van der Waals surface area contributed by atoms with E-state index < -0.39 is 0 Å². The maximum atomic E-state index is 4.18. The highest BCUT2D eigenvalue weighted by molar-refractivity contribution is 5.46. The molecule has 2 rings (SSSR count). The van der Waals surface area contributed by atoms with E-state index in [0.29, 0.717) is 0 Å². The zero-order valence-corrected chi connectivity index (χ0v) is 10.4. The quantitative estimate of drug-likeness (QED) is 0.549. The molecule has 0 saturated carbocycles. The molecule has 0 bridgehead atoms. The van der Waals surface area contributed by atoms with E-state index in [1.807, 2.05) is 31.4 Å². The van der Waals surface area contributed by atoms with Gasteiger partial charge in [0.1, 0.15) is 18.0 Å². The van der Waals surface area contributed by atoms with Crippen LogP contribution in [-0.4, -0.2) is 35.1 Å². The average molecular weight is 246 g/mol. The summed E-state index contributed by atoms with van der Waals surface area (Å²) in [4.78, 5) is 11.5. The first kappa shape index (κ1) is 12.4. The second-order valence-electron chi connectivity index (χ2n) is 3.87. The zero-order valence-electron chi connectivity index (χ0n) is 10.4. The first-order chi connectivity index (χ1) is 8.88. The molecule has 18 heavy (non-hydrogen) atoms. The van der Waals surface area contributed by atoms with Crippen LogP contribution in [0.3, 0.4) is 0 Å². The number of anilines is 2. The van der Waals surface area contributed by atoms with Crippen LogP contribution >= 0.6 is 0 Å². The number of H-pyrrole nitrogens is 1. The molecule has 6 heteroatoms. The van der Waals surface area contributed by atoms with Crippen LogP contribution in [0.1, 0.15) is 5.69 Å². The van der Waals surface area contributed by atoms with Crippen molar-refractivity contribution in [2.24, 2.45) is 0 Å². The van der Waals surface area contributed by atoms with Crippen molar-refractivity contribution in [3.8, 4) is 0 Å². The van der Waals surface area contributed by atoms with E-state index in [0.717, 1.165) is 37.0 Å². The molecule has 0 spiro atoms. The molecular weight excluding hydrogens is 228 g/mol. The van der Waals surface area contributed by atoms with Gasteiger partial charge in [0.05, 0.1) is 6.54 Å². The van der Waals surface area contributed by atoms with Gasteiger partial charge in [-0.1, -0.05) is 0 Å². The van der Waals surface area contributed by atoms with Crippen LogP contribution in [0.15, 0.2) is 30.7 Å². The predicted octanol–water partition coefficient (Wildman–Crippen LogP) is 1.05. The fraction of sp³-hybridized carbons (Fsp3) is 0.333. The highest BCUT2D eigenvalue weighted by atomic mass is 15.1. The Morgan fingerprint density at radius 1 is 1.17 bits per heavy atom. The van der Waals surface area contributed by atoms with Crippen LogP contribution in [0.2, 0.25) is 0 Å². The number of nitrogens with zero attached hydrogens (tertiary/aromatic N) is 2. The number of likely N-dealkylation sites (N-methyl/N-ethyl adjacent to an activating group) is 1. The Labute approximate surface area is 106 Å². The Kier molecular flexibility index (Phi) is 4.54. The molecule has 0 aliphatic heterocycles. The summed E-state index contributed by atoms with van der Waals surface area (Å²) >= 11 is 0. The molecule has 2 aromatic heterocycles. The molecular formula is C12H18N6. The van der Waals surface area contributed by atoms with E-state index in [9.17, 15) is 0 Å². The highest BCUT2D eigenvalue weighted by Crippen LogP contribution is 2.09. The second-order valence-corrected chi connectivity index (χ2v) is 3.87. The van der Waals surface area contributed by atoms with Crippen LogP contribution in [-0.2, 0) is 6.54 Å². The van der Waals surface area contributed by atoms with Gasteiger partial charge in [-0.25, -0.2) is 9.97 Å². The van der Waals surface area contributed by atoms with Crippen LogP contribution in [0.4, 0.5) is 11.6 Å². The van der Waals surface area contributed by atoms with Gasteiger partial charge in [-0.3, -0.25) is 0 Å². The molecule has 0 fully saturated rings. The van der Waals surface area contributed by atoms with E-state index in [4.69, 9.17) is 0 Å². The fourth-order valence-corrected chi connectivity index (χ4v) is 1.53. The van der Waals surface area contributed by atoms with Gasteiger partial charge in [-0.15, -0.1) is 0 Å². The molecule has 0 aromatic carbocycles. The summed E-state index contributed by atoms with van der Waals surface area (Å²) in [6.07, 6.45) is 3.46. The van der Waals surface area contributed by atoms with Crippen molar-refractivity contribution in [1.82, 2.24) is 20.3 Å². The Morgan fingerprint density at radius 3 is 2.72 bits per heavy atom. The first-order valence-corrected chi connectivity index (χ1v) is 5.95. The first-order valence-electron chi connectivity index (χ1n) is 5.95. The van der Waals surface area contributed by atoms with Crippen molar-refractivity contribution in [2.45, 2.75) is 6.54 Å². The Hall–Kier alpha value is -2.08. The van der Waals surface area contributed by atoms with E-state index in [2.05, 4.69) is 30.9 Å². The van der Waals surface area contributed by atoms with E-state index in [1.54, 1.807) is 6.33 Å². The molecule has 0 atom stereocenters. The highest BCUT2D eigenvalue weighted by Gasteiger charge is 1.98. The molecule has 0 radical (unpaired) electrons. The monoisotopic (exact) mass is 246 g/mol. The molecule has 0 saturated heterocycles. The third-order valence-electron chi connectivity index (χ3n) is 2.47. The number of hydrogen-bond acceptors (Lipinski definition) is 5. The maximum Gasteiger partial charge on any atom is 0.131 e. The van der Waals surface area contributed by atoms with Crippen LogP contribution < -0.4 is 16.0 Å². The topological polar surface area (TPSA) is 77.7 Å². The number of hydrogen-bond donors (Lipinski definition) is 4. The Balaban J connectivity index is 1.86. The summed E-state index contributed by atoms with van der Waals surface area (Å²) in [7, 11) is 1.92. The molecule has 0 unspecified atom stereocenters. The third kappa shape index (κ3) is 3.74. The summed E-state index contributed by atoms with van der Waals surface area (Å²) in [6, 6.07) is 5.90. The molecule has 4 N–H and O–H groups in total. The minimum atomic E-state index is 0.722. The van der Waals surface area contributed by atoms with Gasteiger partial charge < -0.3 is 20.9 Å². The third-order valence-corrected chi connectivity index (χ3v) is 2.47. The van der Waals surface area contributed by atoms with Gasteiger partial charge in [-0.2, -0.15) is 0 Å². The smallest absolute Gasteiger partial charge is 0.131 e. The van der Waals surface area contributed by atoms with Gasteiger partial charge in [0.25, 0.3) is 0 Å². The minimum absolute atomic E-state index is 0.722. The molecule has 96 valence electrons. The van der Waals surface area contributed by atoms with E-state index >= 15 is 0 Å². The largest absolute Gasteiger partial charge is 0.369 e. The SMILES string of the molecule is CNCCNc1cc(NCc2ccc[nH]2)ncn1. The van der Waals surface area contributed by atoms with Gasteiger partial charge in [0.15, 0.2) is 0 Å². The number of aromatic nitrogens is 3. The summed E-state index contributed by atoms with van der Waals surface area (Å²) < 4.78 is 0. The summed E-state index contributed by atoms with van der Waals surface area (Å²) in [5.41, 5.74) is 1.12. The minimum Gasteiger partial charge on any atom is -0.369 e. The van der Waals surface area contributed by atoms with Crippen molar-refractivity contribution >= 4 is 11.6 Å².